The number of nitrogens with one attached hydrogen (secondary N) is 1. The van der Waals surface area contributed by atoms with Crippen LogP contribution in [0.25, 0.3) is 34.2 Å². The van der Waals surface area contributed by atoms with Gasteiger partial charge in [0.1, 0.15) is 5.76 Å². The maximum atomic E-state index is 10.8. The Balaban J connectivity index is 1.65. The van der Waals surface area contributed by atoms with Crippen molar-refractivity contribution in [2.75, 3.05) is 0 Å². The van der Waals surface area contributed by atoms with Crippen LogP contribution in [0.3, 0.4) is 0 Å². The molecular weight excluding hydrogens is 330 g/mol. The highest BCUT2D eigenvalue weighted by Gasteiger charge is 2.14. The van der Waals surface area contributed by atoms with E-state index >= 15 is 0 Å². The molecule has 0 radical (unpaired) electrons. The van der Waals surface area contributed by atoms with Crippen LogP contribution in [-0.4, -0.2) is 14.9 Å². The van der Waals surface area contributed by atoms with Gasteiger partial charge in [-0.2, -0.15) is 0 Å². The van der Waals surface area contributed by atoms with E-state index in [9.17, 15) is 10.1 Å². The molecule has 4 rings (SSSR count). The quantitative estimate of drug-likeness (QED) is 0.406. The number of hydrogen-bond donors (Lipinski definition) is 1. The molecule has 0 aliphatic heterocycles. The summed E-state index contributed by atoms with van der Waals surface area (Å²) >= 11 is 0. The van der Waals surface area contributed by atoms with E-state index < -0.39 is 4.92 Å². The summed E-state index contributed by atoms with van der Waals surface area (Å²) in [6, 6.07) is 19.9. The molecule has 128 valence electrons. The topological polar surface area (TPSA) is 85.0 Å². The van der Waals surface area contributed by atoms with Crippen LogP contribution >= 0.6 is 0 Å². The van der Waals surface area contributed by atoms with E-state index in [-0.39, 0.29) is 5.69 Å². The zero-order chi connectivity index (χ0) is 18.1. The van der Waals surface area contributed by atoms with Gasteiger partial charge in [0.05, 0.1) is 10.6 Å². The number of benzene rings is 2. The monoisotopic (exact) mass is 345 g/mol. The summed E-state index contributed by atoms with van der Waals surface area (Å²) in [5.41, 5.74) is 3.70. The van der Waals surface area contributed by atoms with Crippen molar-refractivity contribution < 1.29 is 9.34 Å². The minimum atomic E-state index is -0.423. The van der Waals surface area contributed by atoms with Crippen LogP contribution in [0.15, 0.2) is 71.1 Å². The molecule has 1 N–H and O–H groups in total. The second kappa shape index (κ2) is 6.33. The first-order valence-corrected chi connectivity index (χ1v) is 8.09. The summed E-state index contributed by atoms with van der Waals surface area (Å²) < 4.78 is 5.90. The Hall–Kier alpha value is -3.67. The van der Waals surface area contributed by atoms with Crippen LogP contribution in [-0.2, 0) is 0 Å². The van der Waals surface area contributed by atoms with Gasteiger partial charge in [0, 0.05) is 29.0 Å². The number of non-ortho nitro benzene ring substituents is 1. The number of nitro groups is 1. The number of aromatic nitrogens is 2. The number of imidazole rings is 1. The summed E-state index contributed by atoms with van der Waals surface area (Å²) in [5.74, 6) is 1.89. The lowest BCUT2D eigenvalue weighted by Crippen LogP contribution is -1.86. The minimum absolute atomic E-state index is 0.0506. The summed E-state index contributed by atoms with van der Waals surface area (Å²) in [5, 5.41) is 10.8. The Bertz CT molecular complexity index is 1060. The van der Waals surface area contributed by atoms with Gasteiger partial charge in [-0.3, -0.25) is 10.1 Å². The maximum absolute atomic E-state index is 10.8. The van der Waals surface area contributed by atoms with E-state index in [1.165, 1.54) is 12.1 Å². The molecule has 26 heavy (non-hydrogen) atoms. The summed E-state index contributed by atoms with van der Waals surface area (Å²) in [6.07, 6.45) is 0. The van der Waals surface area contributed by atoms with Crippen molar-refractivity contribution in [1.29, 1.82) is 0 Å². The fraction of sp³-hybridized carbons (Fsp3) is 0.0500. The molecule has 0 bridgehead atoms. The smallest absolute Gasteiger partial charge is 0.269 e. The molecule has 0 atom stereocenters. The second-order valence-corrected chi connectivity index (χ2v) is 5.89. The van der Waals surface area contributed by atoms with Crippen LogP contribution in [0, 0.1) is 17.0 Å². The molecule has 0 saturated heterocycles. The largest absolute Gasteiger partial charge is 0.453 e. The molecule has 0 saturated carbocycles. The van der Waals surface area contributed by atoms with Crippen LogP contribution in [0.1, 0.15) is 5.69 Å². The van der Waals surface area contributed by atoms with E-state index in [0.717, 1.165) is 22.5 Å². The van der Waals surface area contributed by atoms with E-state index in [1.54, 1.807) is 12.1 Å². The Morgan fingerprint density at radius 1 is 0.923 bits per heavy atom. The summed E-state index contributed by atoms with van der Waals surface area (Å²) in [7, 11) is 0. The van der Waals surface area contributed by atoms with Crippen LogP contribution in [0.5, 0.6) is 0 Å². The van der Waals surface area contributed by atoms with E-state index in [2.05, 4.69) is 9.97 Å². The van der Waals surface area contributed by atoms with Crippen LogP contribution in [0.2, 0.25) is 0 Å². The average Bonchev–Trinajstić information content (AvgIpc) is 3.29. The Kier molecular flexibility index (Phi) is 3.85. The van der Waals surface area contributed by atoms with Crippen LogP contribution < -0.4 is 0 Å². The highest BCUT2D eigenvalue weighted by atomic mass is 16.6. The van der Waals surface area contributed by atoms with Crippen molar-refractivity contribution in [1.82, 2.24) is 9.97 Å². The number of nitrogens with zero attached hydrogens (tertiary/aromatic N) is 2. The lowest BCUT2D eigenvalue weighted by atomic mass is 10.1. The van der Waals surface area contributed by atoms with Gasteiger partial charge in [-0.1, -0.05) is 30.3 Å². The molecule has 2 aromatic carbocycles. The molecule has 0 aliphatic rings. The highest BCUT2D eigenvalue weighted by Crippen LogP contribution is 2.30. The van der Waals surface area contributed by atoms with Gasteiger partial charge in [-0.05, 0) is 31.2 Å². The Morgan fingerprint density at radius 2 is 1.62 bits per heavy atom. The van der Waals surface area contributed by atoms with Crippen molar-refractivity contribution >= 4 is 5.69 Å². The Labute approximate surface area is 149 Å². The summed E-state index contributed by atoms with van der Waals surface area (Å²) in [4.78, 5) is 18.2. The predicted octanol–water partition coefficient (Wildman–Crippen LogP) is 5.22. The van der Waals surface area contributed by atoms with Gasteiger partial charge in [0.25, 0.3) is 5.69 Å². The first-order valence-electron chi connectivity index (χ1n) is 8.09. The molecule has 0 aliphatic carbocycles. The number of aryl methyl sites for hydroxylation is 1. The van der Waals surface area contributed by atoms with Crippen molar-refractivity contribution in [2.24, 2.45) is 0 Å². The van der Waals surface area contributed by atoms with Gasteiger partial charge in [0.2, 0.25) is 0 Å². The van der Waals surface area contributed by atoms with E-state index in [0.29, 0.717) is 17.3 Å². The zero-order valence-electron chi connectivity index (χ0n) is 14.0. The lowest BCUT2D eigenvalue weighted by Gasteiger charge is -1.97. The van der Waals surface area contributed by atoms with Crippen molar-refractivity contribution in [3.8, 4) is 34.2 Å². The number of furan rings is 1. The average molecular weight is 345 g/mol. The first-order chi connectivity index (χ1) is 12.6. The molecule has 0 unspecified atom stereocenters. The minimum Gasteiger partial charge on any atom is -0.453 e. The fourth-order valence-electron chi connectivity index (χ4n) is 2.82. The first kappa shape index (κ1) is 15.8. The molecule has 4 aromatic rings. The van der Waals surface area contributed by atoms with Gasteiger partial charge in [-0.15, -0.1) is 0 Å². The number of H-pyrrole nitrogens is 1. The second-order valence-electron chi connectivity index (χ2n) is 5.89. The molecule has 0 amide bonds. The lowest BCUT2D eigenvalue weighted by molar-refractivity contribution is -0.384. The van der Waals surface area contributed by atoms with E-state index in [4.69, 9.17) is 4.42 Å². The molecule has 2 aromatic heterocycles. The van der Waals surface area contributed by atoms with Gasteiger partial charge in [0.15, 0.2) is 11.6 Å². The zero-order valence-corrected chi connectivity index (χ0v) is 14.0. The predicted molar refractivity (Wildman–Crippen MR) is 98.6 cm³/mol. The van der Waals surface area contributed by atoms with Crippen LogP contribution in [0.4, 0.5) is 5.69 Å². The third kappa shape index (κ3) is 2.88. The fourth-order valence-corrected chi connectivity index (χ4v) is 2.82. The summed E-state index contributed by atoms with van der Waals surface area (Å²) in [6.45, 7) is 1.97. The number of hydrogen-bond acceptors (Lipinski definition) is 4. The van der Waals surface area contributed by atoms with Crippen molar-refractivity contribution in [2.45, 2.75) is 6.92 Å². The standard InChI is InChI=1S/C20H15N3O3/c1-13-19(15-5-3-2-4-6-15)22-20(21-13)18-12-11-17(26-18)14-7-9-16(10-8-14)23(24)25/h2-12H,1H3,(H,21,22). The maximum Gasteiger partial charge on any atom is 0.269 e. The molecule has 6 nitrogen and oxygen atoms in total. The van der Waals surface area contributed by atoms with Gasteiger partial charge in [-0.25, -0.2) is 4.98 Å². The van der Waals surface area contributed by atoms with Crippen molar-refractivity contribution in [3.63, 3.8) is 0 Å². The molecule has 2 heterocycles. The number of aromatic amines is 1. The third-order valence-electron chi connectivity index (χ3n) is 4.13. The molecule has 0 spiro atoms. The van der Waals surface area contributed by atoms with Gasteiger partial charge < -0.3 is 9.40 Å². The normalized spacial score (nSPS) is 10.8. The third-order valence-corrected chi connectivity index (χ3v) is 4.13. The van der Waals surface area contributed by atoms with E-state index in [1.807, 2.05) is 49.4 Å². The Morgan fingerprint density at radius 3 is 2.31 bits per heavy atom. The molecular formula is C20H15N3O3. The SMILES string of the molecule is Cc1[nH]c(-c2ccc(-c3ccc([N+](=O)[O-])cc3)o2)nc1-c1ccccc1. The van der Waals surface area contributed by atoms with Crippen molar-refractivity contribution in [3.05, 3.63) is 82.5 Å². The highest BCUT2D eigenvalue weighted by molar-refractivity contribution is 5.67. The number of nitro benzene ring substituents is 1. The van der Waals surface area contributed by atoms with Gasteiger partial charge >= 0.3 is 0 Å². The number of rotatable bonds is 4. The molecule has 0 fully saturated rings. The molecule has 6 heteroatoms.